The van der Waals surface area contributed by atoms with Crippen LogP contribution in [0.1, 0.15) is 52.0 Å². The van der Waals surface area contributed by atoms with Gasteiger partial charge >= 0.3 is 5.97 Å². The molecule has 1 saturated heterocycles. The minimum Gasteiger partial charge on any atom is -0.481 e. The maximum absolute atomic E-state index is 10.9. The highest BCUT2D eigenvalue weighted by Crippen LogP contribution is 2.38. The van der Waals surface area contributed by atoms with Crippen molar-refractivity contribution in [1.82, 2.24) is 9.88 Å². The topological polar surface area (TPSA) is 62.7 Å². The summed E-state index contributed by atoms with van der Waals surface area (Å²) in [6.45, 7) is 9.07. The number of aromatic nitrogens is 1. The predicted octanol–water partition coefficient (Wildman–Crippen LogP) is 4.73. The Kier molecular flexibility index (Phi) is 5.52. The van der Waals surface area contributed by atoms with Crippen molar-refractivity contribution in [1.29, 1.82) is 0 Å². The van der Waals surface area contributed by atoms with Gasteiger partial charge in [-0.1, -0.05) is 26.8 Å². The first-order valence-electron chi connectivity index (χ1n) is 10.8. The minimum atomic E-state index is -0.691. The van der Waals surface area contributed by atoms with Gasteiger partial charge in [-0.15, -0.1) is 0 Å². The van der Waals surface area contributed by atoms with Crippen molar-refractivity contribution >= 4 is 16.9 Å². The van der Waals surface area contributed by atoms with E-state index in [2.05, 4.69) is 43.9 Å². The number of carboxylic acid groups (broad SMARTS) is 1. The van der Waals surface area contributed by atoms with E-state index in [0.717, 1.165) is 42.1 Å². The summed E-state index contributed by atoms with van der Waals surface area (Å²) in [6, 6.07) is 10.3. The van der Waals surface area contributed by atoms with Gasteiger partial charge in [-0.2, -0.15) is 0 Å². The summed E-state index contributed by atoms with van der Waals surface area (Å²) in [7, 11) is 0. The highest BCUT2D eigenvalue weighted by molar-refractivity contribution is 5.79. The number of hydrogen-bond acceptors (Lipinski definition) is 4. The third kappa shape index (κ3) is 4.72. The molecule has 2 fully saturated rings. The van der Waals surface area contributed by atoms with E-state index < -0.39 is 5.97 Å². The molecular formula is C24H32N2O3. The second-order valence-electron chi connectivity index (χ2n) is 9.86. The molecule has 0 amide bonds. The average Bonchev–Trinajstić information content (AvgIpc) is 2.63. The number of rotatable bonds is 5. The summed E-state index contributed by atoms with van der Waals surface area (Å²) in [5, 5.41) is 10.1. The van der Waals surface area contributed by atoms with E-state index in [-0.39, 0.29) is 12.0 Å². The van der Waals surface area contributed by atoms with E-state index in [9.17, 15) is 4.79 Å². The SMILES string of the molecule is CC(C)(C)C1CCC(Oc2ccc3cc(CN4CC(C(=O)O)C4)ccc3n2)CC1. The first-order valence-corrected chi connectivity index (χ1v) is 10.8. The summed E-state index contributed by atoms with van der Waals surface area (Å²) in [5.74, 6) is 0.595. The number of carbonyl (C=O) groups is 1. The molecule has 1 N–H and O–H groups in total. The number of benzene rings is 1. The Morgan fingerprint density at radius 2 is 1.86 bits per heavy atom. The van der Waals surface area contributed by atoms with Gasteiger partial charge in [0, 0.05) is 31.1 Å². The molecule has 29 heavy (non-hydrogen) atoms. The second-order valence-corrected chi connectivity index (χ2v) is 9.86. The normalized spacial score (nSPS) is 23.7. The van der Waals surface area contributed by atoms with Gasteiger partial charge in [0.2, 0.25) is 5.88 Å². The first-order chi connectivity index (χ1) is 13.8. The molecule has 1 aliphatic heterocycles. The van der Waals surface area contributed by atoms with Crippen LogP contribution in [0.4, 0.5) is 0 Å². The number of pyridine rings is 1. The number of carboxylic acids is 1. The largest absolute Gasteiger partial charge is 0.481 e. The molecule has 1 saturated carbocycles. The number of likely N-dealkylation sites (tertiary alicyclic amines) is 1. The summed E-state index contributed by atoms with van der Waals surface area (Å²) >= 11 is 0. The average molecular weight is 397 g/mol. The van der Waals surface area contributed by atoms with E-state index in [1.807, 2.05) is 12.1 Å². The molecule has 0 unspecified atom stereocenters. The summed E-state index contributed by atoms with van der Waals surface area (Å²) in [4.78, 5) is 17.8. The molecule has 156 valence electrons. The Balaban J connectivity index is 1.35. The lowest BCUT2D eigenvalue weighted by Gasteiger charge is -2.36. The fourth-order valence-corrected chi connectivity index (χ4v) is 4.65. The zero-order valence-corrected chi connectivity index (χ0v) is 17.7. The molecule has 2 aromatic rings. The minimum absolute atomic E-state index is 0.213. The van der Waals surface area contributed by atoms with Crippen LogP contribution in [0.2, 0.25) is 0 Å². The molecular weight excluding hydrogens is 364 g/mol. The lowest BCUT2D eigenvalue weighted by molar-refractivity contribution is -0.147. The number of fused-ring (bicyclic) bond motifs is 1. The first kappa shape index (κ1) is 20.1. The van der Waals surface area contributed by atoms with Crippen molar-refractivity contribution in [3.05, 3.63) is 35.9 Å². The Morgan fingerprint density at radius 1 is 1.14 bits per heavy atom. The van der Waals surface area contributed by atoms with Crippen LogP contribution in [0.25, 0.3) is 10.9 Å². The predicted molar refractivity (Wildman–Crippen MR) is 114 cm³/mol. The number of ether oxygens (including phenoxy) is 1. The van der Waals surface area contributed by atoms with E-state index in [1.165, 1.54) is 18.4 Å². The van der Waals surface area contributed by atoms with E-state index >= 15 is 0 Å². The molecule has 4 rings (SSSR count). The highest BCUT2D eigenvalue weighted by atomic mass is 16.5. The quantitative estimate of drug-likeness (QED) is 0.791. The third-order valence-corrected chi connectivity index (χ3v) is 6.63. The van der Waals surface area contributed by atoms with Crippen molar-refractivity contribution in [2.75, 3.05) is 13.1 Å². The van der Waals surface area contributed by atoms with Crippen LogP contribution in [-0.2, 0) is 11.3 Å². The zero-order chi connectivity index (χ0) is 20.6. The monoisotopic (exact) mass is 396 g/mol. The zero-order valence-electron chi connectivity index (χ0n) is 17.7. The standard InChI is InChI=1S/C24H32N2O3/c1-24(2,3)19-6-8-20(9-7-19)29-22-11-5-17-12-16(4-10-21(17)25-22)13-26-14-18(15-26)23(27)28/h4-5,10-12,18-20H,6-9,13-15H2,1-3H3,(H,27,28). The summed E-state index contributed by atoms with van der Waals surface area (Å²) in [6.07, 6.45) is 4.93. The molecule has 0 radical (unpaired) electrons. The molecule has 1 aliphatic carbocycles. The van der Waals surface area contributed by atoms with Crippen LogP contribution in [0.15, 0.2) is 30.3 Å². The Morgan fingerprint density at radius 3 is 2.52 bits per heavy atom. The van der Waals surface area contributed by atoms with Crippen molar-refractivity contribution < 1.29 is 14.6 Å². The van der Waals surface area contributed by atoms with Crippen LogP contribution >= 0.6 is 0 Å². The van der Waals surface area contributed by atoms with Gasteiger partial charge in [0.1, 0.15) is 6.10 Å². The van der Waals surface area contributed by atoms with E-state index in [0.29, 0.717) is 18.5 Å². The fourth-order valence-electron chi connectivity index (χ4n) is 4.65. The number of hydrogen-bond donors (Lipinski definition) is 1. The van der Waals surface area contributed by atoms with Gasteiger partial charge in [0.05, 0.1) is 11.4 Å². The van der Waals surface area contributed by atoms with Gasteiger partial charge in [0.15, 0.2) is 0 Å². The molecule has 2 heterocycles. The molecule has 5 nitrogen and oxygen atoms in total. The molecule has 0 spiro atoms. The van der Waals surface area contributed by atoms with Crippen LogP contribution in [0, 0.1) is 17.3 Å². The Hall–Kier alpha value is -2.14. The molecule has 0 bridgehead atoms. The maximum atomic E-state index is 10.9. The van der Waals surface area contributed by atoms with Gasteiger partial charge in [-0.25, -0.2) is 4.98 Å². The fraction of sp³-hybridized carbons (Fsp3) is 0.583. The molecule has 2 aliphatic rings. The number of aliphatic carboxylic acids is 1. The highest BCUT2D eigenvalue weighted by Gasteiger charge is 2.32. The molecule has 1 aromatic carbocycles. The van der Waals surface area contributed by atoms with Gasteiger partial charge in [-0.3, -0.25) is 9.69 Å². The second kappa shape index (κ2) is 7.94. The van der Waals surface area contributed by atoms with Crippen LogP contribution in [0.5, 0.6) is 5.88 Å². The summed E-state index contributed by atoms with van der Waals surface area (Å²) in [5.41, 5.74) is 2.52. The van der Waals surface area contributed by atoms with Crippen molar-refractivity contribution in [3.8, 4) is 5.88 Å². The molecule has 0 atom stereocenters. The van der Waals surface area contributed by atoms with Crippen molar-refractivity contribution in [3.63, 3.8) is 0 Å². The van der Waals surface area contributed by atoms with Gasteiger partial charge in [-0.05, 0) is 60.8 Å². The van der Waals surface area contributed by atoms with Crippen LogP contribution < -0.4 is 4.74 Å². The summed E-state index contributed by atoms with van der Waals surface area (Å²) < 4.78 is 6.20. The van der Waals surface area contributed by atoms with Gasteiger partial charge < -0.3 is 9.84 Å². The lowest BCUT2D eigenvalue weighted by Crippen LogP contribution is -2.49. The third-order valence-electron chi connectivity index (χ3n) is 6.63. The smallest absolute Gasteiger partial charge is 0.309 e. The lowest BCUT2D eigenvalue weighted by atomic mass is 9.72. The molecule has 1 aromatic heterocycles. The van der Waals surface area contributed by atoms with E-state index in [4.69, 9.17) is 14.8 Å². The Labute approximate surface area is 173 Å². The molecule has 5 heteroatoms. The van der Waals surface area contributed by atoms with Gasteiger partial charge in [0.25, 0.3) is 0 Å². The maximum Gasteiger partial charge on any atom is 0.309 e. The Bertz CT molecular complexity index is 875. The van der Waals surface area contributed by atoms with Crippen LogP contribution in [-0.4, -0.2) is 40.2 Å². The van der Waals surface area contributed by atoms with Crippen molar-refractivity contribution in [2.24, 2.45) is 17.3 Å². The van der Waals surface area contributed by atoms with Crippen molar-refractivity contribution in [2.45, 2.75) is 59.1 Å². The van der Waals surface area contributed by atoms with Crippen LogP contribution in [0.3, 0.4) is 0 Å². The number of nitrogens with zero attached hydrogens (tertiary/aromatic N) is 2. The van der Waals surface area contributed by atoms with E-state index in [1.54, 1.807) is 0 Å².